The van der Waals surface area contributed by atoms with Crippen molar-refractivity contribution >= 4 is 50.5 Å². The van der Waals surface area contributed by atoms with E-state index in [2.05, 4.69) is 15.8 Å². The van der Waals surface area contributed by atoms with Crippen LogP contribution in [0.5, 0.6) is 0 Å². The van der Waals surface area contributed by atoms with Crippen molar-refractivity contribution in [1.29, 1.82) is 0 Å². The third-order valence-corrected chi connectivity index (χ3v) is 8.72. The summed E-state index contributed by atoms with van der Waals surface area (Å²) < 4.78 is 28.5. The molecule has 0 saturated heterocycles. The smallest absolute Gasteiger partial charge is 0.264 e. The Kier molecular flexibility index (Phi) is 9.45. The van der Waals surface area contributed by atoms with Gasteiger partial charge in [-0.05, 0) is 92.9 Å². The molecule has 216 valence electrons. The molecular weight excluding hydrogens is 572 g/mol. The van der Waals surface area contributed by atoms with E-state index in [0.717, 1.165) is 21.0 Å². The molecule has 0 unspecified atom stereocenters. The molecule has 0 saturated carbocycles. The van der Waals surface area contributed by atoms with Crippen molar-refractivity contribution in [2.45, 2.75) is 32.6 Å². The van der Waals surface area contributed by atoms with Gasteiger partial charge < -0.3 is 5.32 Å². The molecule has 0 heterocycles. The number of hydrogen-bond donors (Lipinski definition) is 2. The highest BCUT2D eigenvalue weighted by molar-refractivity contribution is 7.92. The van der Waals surface area contributed by atoms with Gasteiger partial charge in [0.1, 0.15) is 6.54 Å². The van der Waals surface area contributed by atoms with Crippen LogP contribution in [0.25, 0.3) is 0 Å². The molecule has 0 aliphatic rings. The fraction of sp³-hybridized carbons (Fsp3) is 0.156. The third kappa shape index (κ3) is 7.23. The molecule has 0 spiro atoms. The van der Waals surface area contributed by atoms with Crippen molar-refractivity contribution < 1.29 is 18.0 Å². The van der Waals surface area contributed by atoms with Crippen LogP contribution in [0.2, 0.25) is 5.02 Å². The second kappa shape index (κ2) is 13.0. The van der Waals surface area contributed by atoms with Crippen molar-refractivity contribution in [1.82, 2.24) is 5.43 Å². The Morgan fingerprint density at radius 1 is 0.857 bits per heavy atom. The topological polar surface area (TPSA) is 108 Å². The molecule has 0 fully saturated rings. The Hall–Kier alpha value is -4.47. The summed E-state index contributed by atoms with van der Waals surface area (Å²) in [5, 5.41) is 7.48. The minimum Gasteiger partial charge on any atom is -0.322 e. The van der Waals surface area contributed by atoms with Crippen molar-refractivity contribution in [3.63, 3.8) is 0 Å². The van der Waals surface area contributed by atoms with Crippen molar-refractivity contribution in [3.8, 4) is 0 Å². The summed E-state index contributed by atoms with van der Waals surface area (Å²) in [6, 6.07) is 25.4. The lowest BCUT2D eigenvalue weighted by atomic mass is 10.1. The molecule has 0 aromatic heterocycles. The first kappa shape index (κ1) is 30.5. The number of nitrogens with zero attached hydrogens (tertiary/aromatic N) is 2. The molecule has 0 atom stereocenters. The highest BCUT2D eigenvalue weighted by atomic mass is 35.5. The van der Waals surface area contributed by atoms with Crippen molar-refractivity contribution in [2.75, 3.05) is 16.2 Å². The summed E-state index contributed by atoms with van der Waals surface area (Å²) in [6.07, 6.45) is 0. The number of amides is 2. The average Bonchev–Trinajstić information content (AvgIpc) is 2.96. The van der Waals surface area contributed by atoms with Crippen LogP contribution in [-0.2, 0) is 14.8 Å². The molecule has 0 aliphatic heterocycles. The van der Waals surface area contributed by atoms with Crippen LogP contribution in [0.15, 0.2) is 101 Å². The number of hydrazone groups is 1. The highest BCUT2D eigenvalue weighted by Crippen LogP contribution is 2.28. The number of aryl methyl sites for hydroxylation is 2. The van der Waals surface area contributed by atoms with Gasteiger partial charge in [0.15, 0.2) is 0 Å². The third-order valence-electron chi connectivity index (χ3n) is 6.71. The van der Waals surface area contributed by atoms with E-state index in [9.17, 15) is 18.0 Å². The second-order valence-electron chi connectivity index (χ2n) is 9.82. The average molecular weight is 603 g/mol. The Bertz CT molecular complexity index is 1770. The first-order chi connectivity index (χ1) is 20.0. The highest BCUT2D eigenvalue weighted by Gasteiger charge is 2.28. The largest absolute Gasteiger partial charge is 0.322 e. The molecule has 4 aromatic carbocycles. The van der Waals surface area contributed by atoms with E-state index in [0.29, 0.717) is 33.2 Å². The summed E-state index contributed by atoms with van der Waals surface area (Å²) in [6.45, 7) is 6.79. The van der Waals surface area contributed by atoms with E-state index >= 15 is 0 Å². The van der Waals surface area contributed by atoms with Crippen molar-refractivity contribution in [2.24, 2.45) is 5.10 Å². The van der Waals surface area contributed by atoms with Crippen LogP contribution >= 0.6 is 11.6 Å². The number of sulfonamides is 1. The maximum Gasteiger partial charge on any atom is 0.264 e. The Morgan fingerprint density at radius 3 is 2.24 bits per heavy atom. The molecule has 8 nitrogen and oxygen atoms in total. The van der Waals surface area contributed by atoms with Crippen LogP contribution < -0.4 is 15.0 Å². The van der Waals surface area contributed by atoms with E-state index in [4.69, 9.17) is 11.6 Å². The van der Waals surface area contributed by atoms with Crippen molar-refractivity contribution in [3.05, 3.63) is 124 Å². The Morgan fingerprint density at radius 2 is 1.52 bits per heavy atom. The van der Waals surface area contributed by atoms with E-state index in [1.165, 1.54) is 12.1 Å². The number of rotatable bonds is 9. The lowest BCUT2D eigenvalue weighted by Crippen LogP contribution is -2.40. The predicted molar refractivity (Wildman–Crippen MR) is 168 cm³/mol. The molecular formula is C32H31ClN4O4S. The number of hydrogen-bond acceptors (Lipinski definition) is 5. The number of anilines is 2. The summed E-state index contributed by atoms with van der Waals surface area (Å²) in [7, 11) is -4.06. The summed E-state index contributed by atoms with van der Waals surface area (Å²) in [4.78, 5) is 25.8. The van der Waals surface area contributed by atoms with Crippen LogP contribution in [0, 0.1) is 20.8 Å². The zero-order valence-electron chi connectivity index (χ0n) is 23.7. The fourth-order valence-electron chi connectivity index (χ4n) is 4.17. The molecule has 10 heteroatoms. The van der Waals surface area contributed by atoms with E-state index < -0.39 is 22.5 Å². The summed E-state index contributed by atoms with van der Waals surface area (Å²) >= 11 is 5.99. The number of carbonyl (C=O) groups is 2. The van der Waals surface area contributed by atoms with Crippen LogP contribution in [0.1, 0.15) is 39.5 Å². The lowest BCUT2D eigenvalue weighted by molar-refractivity contribution is -0.119. The summed E-state index contributed by atoms with van der Waals surface area (Å²) in [5.74, 6) is -0.935. The SMILES string of the molecule is C/C(=N/NC(=O)CN(c1cccc(C)c1C)S(=O)(=O)c1ccc(C)cc1)c1cccc(NC(=O)c2cccc(Cl)c2)c1. The zero-order valence-corrected chi connectivity index (χ0v) is 25.3. The van der Waals surface area contributed by atoms with Gasteiger partial charge in [0, 0.05) is 16.3 Å². The van der Waals surface area contributed by atoms with Gasteiger partial charge in [-0.2, -0.15) is 5.10 Å². The van der Waals surface area contributed by atoms with Gasteiger partial charge in [0.2, 0.25) is 0 Å². The van der Waals surface area contributed by atoms with Gasteiger partial charge in [0.25, 0.3) is 21.8 Å². The molecule has 2 N–H and O–H groups in total. The predicted octanol–water partition coefficient (Wildman–Crippen LogP) is 6.25. The molecule has 0 bridgehead atoms. The molecule has 0 radical (unpaired) electrons. The maximum absolute atomic E-state index is 13.7. The number of benzene rings is 4. The van der Waals surface area contributed by atoms with Gasteiger partial charge in [-0.15, -0.1) is 0 Å². The Labute approximate surface area is 251 Å². The van der Waals surface area contributed by atoms with Crippen LogP contribution in [-0.4, -0.2) is 32.5 Å². The first-order valence-electron chi connectivity index (χ1n) is 13.1. The number of carbonyl (C=O) groups excluding carboxylic acids is 2. The molecule has 0 aliphatic carbocycles. The quantitative estimate of drug-likeness (QED) is 0.174. The standard InChI is InChI=1S/C32H31ClN4O4S/c1-21-14-16-29(17-15-21)42(40,41)37(30-13-5-8-22(2)23(30)3)20-31(38)36-35-24(4)25-9-7-12-28(19-25)34-32(39)26-10-6-11-27(33)18-26/h5-19H,20H2,1-4H3,(H,34,39)(H,36,38)/b35-24-. The van der Waals surface area contributed by atoms with E-state index in [1.807, 2.05) is 26.8 Å². The van der Waals surface area contributed by atoms with E-state index in [1.54, 1.807) is 79.7 Å². The second-order valence-corrected chi connectivity index (χ2v) is 12.1. The minimum absolute atomic E-state index is 0.0816. The lowest BCUT2D eigenvalue weighted by Gasteiger charge is -2.26. The fourth-order valence-corrected chi connectivity index (χ4v) is 5.84. The normalized spacial score (nSPS) is 11.6. The van der Waals surface area contributed by atoms with Crippen LogP contribution in [0.4, 0.5) is 11.4 Å². The van der Waals surface area contributed by atoms with Gasteiger partial charge >= 0.3 is 0 Å². The van der Waals surface area contributed by atoms with E-state index in [-0.39, 0.29) is 10.8 Å². The zero-order chi connectivity index (χ0) is 30.4. The molecule has 4 rings (SSSR count). The first-order valence-corrected chi connectivity index (χ1v) is 14.9. The summed E-state index contributed by atoms with van der Waals surface area (Å²) in [5.41, 5.74) is 7.51. The Balaban J connectivity index is 1.53. The van der Waals surface area contributed by atoms with Gasteiger partial charge in [-0.3, -0.25) is 13.9 Å². The van der Waals surface area contributed by atoms with Crippen LogP contribution in [0.3, 0.4) is 0 Å². The number of nitrogens with one attached hydrogen (secondary N) is 2. The van der Waals surface area contributed by atoms with Gasteiger partial charge in [-0.25, -0.2) is 13.8 Å². The maximum atomic E-state index is 13.7. The number of halogens is 1. The van der Waals surface area contributed by atoms with Gasteiger partial charge in [-0.1, -0.05) is 59.6 Å². The van der Waals surface area contributed by atoms with Gasteiger partial charge in [0.05, 0.1) is 16.3 Å². The minimum atomic E-state index is -4.06. The molecule has 2 amide bonds. The molecule has 42 heavy (non-hydrogen) atoms. The monoisotopic (exact) mass is 602 g/mol. The molecule has 4 aromatic rings.